The molecule has 1 amide bonds. The van der Waals surface area contributed by atoms with E-state index in [1.807, 2.05) is 0 Å². The zero-order valence-electron chi connectivity index (χ0n) is 13.2. The molecule has 1 aromatic heterocycles. The van der Waals surface area contributed by atoms with Crippen LogP contribution in [0.2, 0.25) is 0 Å². The second-order valence-corrected chi connectivity index (χ2v) is 5.97. The van der Waals surface area contributed by atoms with E-state index in [4.69, 9.17) is 10.3 Å². The van der Waals surface area contributed by atoms with Gasteiger partial charge in [-0.3, -0.25) is 4.79 Å². The van der Waals surface area contributed by atoms with E-state index in [9.17, 15) is 9.18 Å². The van der Waals surface area contributed by atoms with Crippen LogP contribution < -0.4 is 11.1 Å². The molecular weight excluding hydrogens is 335 g/mol. The maximum atomic E-state index is 13.2. The van der Waals surface area contributed by atoms with Crippen molar-refractivity contribution in [3.63, 3.8) is 0 Å². The third kappa shape index (κ3) is 4.10. The van der Waals surface area contributed by atoms with E-state index in [1.165, 1.54) is 12.1 Å². The molecule has 0 saturated heterocycles. The van der Waals surface area contributed by atoms with Gasteiger partial charge in [-0.25, -0.2) is 4.39 Å². The van der Waals surface area contributed by atoms with E-state index in [0.717, 1.165) is 12.8 Å². The minimum Gasteiger partial charge on any atom is -0.344 e. The molecule has 130 valence electrons. The van der Waals surface area contributed by atoms with E-state index >= 15 is 0 Å². The number of carbonyl (C=O) groups excluding carboxylic acids is 1. The molecule has 1 aliphatic rings. The summed E-state index contributed by atoms with van der Waals surface area (Å²) >= 11 is 0. The molecule has 1 aliphatic carbocycles. The van der Waals surface area contributed by atoms with E-state index in [-0.39, 0.29) is 36.1 Å². The largest absolute Gasteiger partial charge is 0.344 e. The van der Waals surface area contributed by atoms with Gasteiger partial charge in [-0.1, -0.05) is 17.3 Å². The first-order valence-corrected chi connectivity index (χ1v) is 7.68. The summed E-state index contributed by atoms with van der Waals surface area (Å²) in [7, 11) is 0. The number of amides is 1. The number of nitrogens with two attached hydrogens (primary N) is 1. The molecular formula is C16H20ClFN4O2. The van der Waals surface area contributed by atoms with Crippen molar-refractivity contribution in [2.75, 3.05) is 0 Å². The smallest absolute Gasteiger partial charge is 0.249 e. The number of aromatic nitrogens is 2. The zero-order chi connectivity index (χ0) is 16.4. The van der Waals surface area contributed by atoms with Crippen molar-refractivity contribution in [1.29, 1.82) is 0 Å². The number of carbonyl (C=O) groups is 1. The van der Waals surface area contributed by atoms with Crippen molar-refractivity contribution < 1.29 is 13.7 Å². The molecule has 24 heavy (non-hydrogen) atoms. The van der Waals surface area contributed by atoms with E-state index in [1.54, 1.807) is 19.1 Å². The van der Waals surface area contributed by atoms with Crippen molar-refractivity contribution in [3.05, 3.63) is 36.0 Å². The molecule has 0 aliphatic heterocycles. The van der Waals surface area contributed by atoms with Crippen LogP contribution in [0.4, 0.5) is 4.39 Å². The Morgan fingerprint density at radius 1 is 1.46 bits per heavy atom. The van der Waals surface area contributed by atoms with Gasteiger partial charge in [0, 0.05) is 17.5 Å². The van der Waals surface area contributed by atoms with Crippen molar-refractivity contribution >= 4 is 18.3 Å². The SMILES string of the molecule is CC(NC(=O)C1CCC(N)C1)c1nc(-c2cccc(F)c2)no1.Cl. The van der Waals surface area contributed by atoms with Gasteiger partial charge >= 0.3 is 0 Å². The van der Waals surface area contributed by atoms with Gasteiger partial charge < -0.3 is 15.6 Å². The van der Waals surface area contributed by atoms with Crippen LogP contribution in [-0.2, 0) is 4.79 Å². The average molecular weight is 355 g/mol. The second kappa shape index (κ2) is 7.72. The summed E-state index contributed by atoms with van der Waals surface area (Å²) in [6.45, 7) is 1.77. The Morgan fingerprint density at radius 3 is 2.92 bits per heavy atom. The lowest BCUT2D eigenvalue weighted by atomic mass is 10.1. The zero-order valence-corrected chi connectivity index (χ0v) is 14.1. The molecule has 8 heteroatoms. The van der Waals surface area contributed by atoms with Crippen LogP contribution in [0.3, 0.4) is 0 Å². The molecule has 3 N–H and O–H groups in total. The normalized spacial score (nSPS) is 21.1. The van der Waals surface area contributed by atoms with Crippen LogP contribution in [-0.4, -0.2) is 22.1 Å². The molecule has 6 nitrogen and oxygen atoms in total. The molecule has 1 fully saturated rings. The van der Waals surface area contributed by atoms with Crippen LogP contribution >= 0.6 is 12.4 Å². The molecule has 0 bridgehead atoms. The Labute approximate surface area is 145 Å². The lowest BCUT2D eigenvalue weighted by Crippen LogP contribution is -2.32. The first kappa shape index (κ1) is 18.4. The summed E-state index contributed by atoms with van der Waals surface area (Å²) < 4.78 is 18.4. The van der Waals surface area contributed by atoms with Crippen molar-refractivity contribution in [3.8, 4) is 11.4 Å². The standard InChI is InChI=1S/C16H19FN4O2.ClH/c1-9(19-15(22)11-5-6-13(18)8-11)16-20-14(21-23-16)10-3-2-4-12(17)7-10;/h2-4,7,9,11,13H,5-6,8,18H2,1H3,(H,19,22);1H. The summed E-state index contributed by atoms with van der Waals surface area (Å²) in [6.07, 6.45) is 2.38. The van der Waals surface area contributed by atoms with Crippen LogP contribution in [0.15, 0.2) is 28.8 Å². The van der Waals surface area contributed by atoms with Crippen LogP contribution in [0.1, 0.15) is 38.1 Å². The fraction of sp³-hybridized carbons (Fsp3) is 0.438. The summed E-state index contributed by atoms with van der Waals surface area (Å²) in [4.78, 5) is 16.4. The highest BCUT2D eigenvalue weighted by atomic mass is 35.5. The monoisotopic (exact) mass is 354 g/mol. The Balaban J connectivity index is 0.00000208. The number of hydrogen-bond acceptors (Lipinski definition) is 5. The Hall–Kier alpha value is -1.99. The highest BCUT2D eigenvalue weighted by Gasteiger charge is 2.29. The van der Waals surface area contributed by atoms with Gasteiger partial charge in [-0.15, -0.1) is 12.4 Å². The molecule has 0 spiro atoms. The molecule has 1 heterocycles. The Morgan fingerprint density at radius 2 is 2.25 bits per heavy atom. The number of rotatable bonds is 4. The lowest BCUT2D eigenvalue weighted by Gasteiger charge is -2.13. The highest BCUT2D eigenvalue weighted by Crippen LogP contribution is 2.25. The van der Waals surface area contributed by atoms with Gasteiger partial charge in [0.05, 0.1) is 0 Å². The van der Waals surface area contributed by atoms with Crippen molar-refractivity contribution in [1.82, 2.24) is 15.5 Å². The average Bonchev–Trinajstić information content (AvgIpc) is 3.16. The van der Waals surface area contributed by atoms with Crippen molar-refractivity contribution in [2.45, 2.75) is 38.3 Å². The fourth-order valence-electron chi connectivity index (χ4n) is 2.80. The quantitative estimate of drug-likeness (QED) is 0.880. The third-order valence-electron chi connectivity index (χ3n) is 4.10. The van der Waals surface area contributed by atoms with Gasteiger partial charge in [0.15, 0.2) is 0 Å². The molecule has 2 aromatic rings. The van der Waals surface area contributed by atoms with Crippen molar-refractivity contribution in [2.24, 2.45) is 11.7 Å². The number of benzene rings is 1. The molecule has 3 rings (SSSR count). The van der Waals surface area contributed by atoms with Gasteiger partial charge in [-0.05, 0) is 38.3 Å². The molecule has 0 radical (unpaired) electrons. The van der Waals surface area contributed by atoms with Gasteiger partial charge in [0.2, 0.25) is 17.6 Å². The van der Waals surface area contributed by atoms with Crippen LogP contribution in [0.5, 0.6) is 0 Å². The number of nitrogens with zero attached hydrogens (tertiary/aromatic N) is 2. The second-order valence-electron chi connectivity index (χ2n) is 5.97. The topological polar surface area (TPSA) is 94.0 Å². The van der Waals surface area contributed by atoms with E-state index < -0.39 is 6.04 Å². The van der Waals surface area contributed by atoms with Gasteiger partial charge in [-0.2, -0.15) is 4.98 Å². The molecule has 3 unspecified atom stereocenters. The first-order valence-electron chi connectivity index (χ1n) is 7.68. The summed E-state index contributed by atoms with van der Waals surface area (Å²) in [5.41, 5.74) is 6.36. The Bertz CT molecular complexity index is 709. The minimum absolute atomic E-state index is 0. The molecule has 1 saturated carbocycles. The maximum Gasteiger partial charge on any atom is 0.249 e. The highest BCUT2D eigenvalue weighted by molar-refractivity contribution is 5.85. The third-order valence-corrected chi connectivity index (χ3v) is 4.10. The lowest BCUT2D eigenvalue weighted by molar-refractivity contribution is -0.125. The van der Waals surface area contributed by atoms with Gasteiger partial charge in [0.25, 0.3) is 0 Å². The number of hydrogen-bond donors (Lipinski definition) is 2. The Kier molecular flexibility index (Phi) is 5.90. The maximum absolute atomic E-state index is 13.2. The predicted molar refractivity (Wildman–Crippen MR) is 88.8 cm³/mol. The number of halogens is 2. The van der Waals surface area contributed by atoms with Gasteiger partial charge in [0.1, 0.15) is 11.9 Å². The molecule has 3 atom stereocenters. The predicted octanol–water partition coefficient (Wildman–Crippen LogP) is 2.60. The first-order chi connectivity index (χ1) is 11.0. The van der Waals surface area contributed by atoms with E-state index in [2.05, 4.69) is 15.5 Å². The molecule has 1 aromatic carbocycles. The summed E-state index contributed by atoms with van der Waals surface area (Å²) in [5, 5.41) is 6.71. The number of nitrogens with one attached hydrogen (secondary N) is 1. The summed E-state index contributed by atoms with van der Waals surface area (Å²) in [6, 6.07) is 5.64. The van der Waals surface area contributed by atoms with Crippen LogP contribution in [0, 0.1) is 11.7 Å². The summed E-state index contributed by atoms with van der Waals surface area (Å²) in [5.74, 6) is 0.116. The minimum atomic E-state index is -0.408. The van der Waals surface area contributed by atoms with E-state index in [0.29, 0.717) is 23.7 Å². The fourth-order valence-corrected chi connectivity index (χ4v) is 2.80. The van der Waals surface area contributed by atoms with Crippen LogP contribution in [0.25, 0.3) is 11.4 Å².